The Morgan fingerprint density at radius 2 is 2.00 bits per heavy atom. The van der Waals surface area contributed by atoms with Crippen molar-refractivity contribution in [3.63, 3.8) is 0 Å². The second-order valence-electron chi connectivity index (χ2n) is 5.71. The minimum Gasteiger partial charge on any atom is -0.351 e. The lowest BCUT2D eigenvalue weighted by Crippen LogP contribution is -2.25. The molecule has 3 heterocycles. The number of para-hydroxylation sites is 2. The average Bonchev–Trinajstić information content (AvgIpc) is 3.33. The summed E-state index contributed by atoms with van der Waals surface area (Å²) in [5.41, 5.74) is 2.70. The summed E-state index contributed by atoms with van der Waals surface area (Å²) >= 11 is 1.39. The van der Waals surface area contributed by atoms with Gasteiger partial charge < -0.3 is 14.9 Å². The average molecular weight is 351 g/mol. The van der Waals surface area contributed by atoms with E-state index in [9.17, 15) is 4.79 Å². The van der Waals surface area contributed by atoms with Crippen molar-refractivity contribution in [2.24, 2.45) is 0 Å². The molecule has 0 bridgehead atoms. The van der Waals surface area contributed by atoms with Gasteiger partial charge in [-0.2, -0.15) is 0 Å². The SMILES string of the molecule is Cc1nc(-n2cccc2)sc1C(=O)NCCc1nc2ccccc2[nH]1. The number of fused-ring (bicyclic) bond motifs is 1. The summed E-state index contributed by atoms with van der Waals surface area (Å²) in [5, 5.41) is 3.75. The highest BCUT2D eigenvalue weighted by Gasteiger charge is 2.15. The number of carbonyl (C=O) groups is 1. The van der Waals surface area contributed by atoms with Gasteiger partial charge in [0.05, 0.1) is 16.7 Å². The number of nitrogens with one attached hydrogen (secondary N) is 2. The third kappa shape index (κ3) is 3.18. The van der Waals surface area contributed by atoms with Crippen LogP contribution in [-0.4, -0.2) is 32.0 Å². The van der Waals surface area contributed by atoms with Gasteiger partial charge in [0.2, 0.25) is 0 Å². The predicted octanol–water partition coefficient (Wildman–Crippen LogP) is 3.09. The second kappa shape index (κ2) is 6.52. The Hall–Kier alpha value is -2.93. The molecule has 0 aliphatic carbocycles. The summed E-state index contributed by atoms with van der Waals surface area (Å²) in [7, 11) is 0. The van der Waals surface area contributed by atoms with E-state index >= 15 is 0 Å². The van der Waals surface area contributed by atoms with Crippen LogP contribution < -0.4 is 5.32 Å². The summed E-state index contributed by atoms with van der Waals surface area (Å²) in [6.45, 7) is 2.38. The van der Waals surface area contributed by atoms with Crippen LogP contribution in [0.1, 0.15) is 21.2 Å². The molecule has 6 nitrogen and oxygen atoms in total. The van der Waals surface area contributed by atoms with Gasteiger partial charge in [0.15, 0.2) is 5.13 Å². The number of thiazole rings is 1. The molecule has 0 saturated heterocycles. The first kappa shape index (κ1) is 15.6. The Labute approximate surface area is 148 Å². The van der Waals surface area contributed by atoms with Crippen molar-refractivity contribution in [2.75, 3.05) is 6.54 Å². The molecule has 0 unspecified atom stereocenters. The summed E-state index contributed by atoms with van der Waals surface area (Å²) in [6.07, 6.45) is 4.49. The molecule has 2 N–H and O–H groups in total. The van der Waals surface area contributed by atoms with Gasteiger partial charge in [0.25, 0.3) is 5.91 Å². The fourth-order valence-electron chi connectivity index (χ4n) is 2.66. The minimum absolute atomic E-state index is 0.0930. The number of rotatable bonds is 5. The number of H-pyrrole nitrogens is 1. The summed E-state index contributed by atoms with van der Waals surface area (Å²) in [6, 6.07) is 11.8. The molecule has 3 aromatic heterocycles. The molecular formula is C18H17N5OS. The first-order chi connectivity index (χ1) is 12.2. The van der Waals surface area contributed by atoms with Crippen LogP contribution in [0.2, 0.25) is 0 Å². The van der Waals surface area contributed by atoms with Crippen molar-refractivity contribution in [1.29, 1.82) is 0 Å². The maximum absolute atomic E-state index is 12.4. The Morgan fingerprint density at radius 1 is 1.20 bits per heavy atom. The van der Waals surface area contributed by atoms with Crippen LogP contribution in [0.25, 0.3) is 16.2 Å². The molecule has 0 aliphatic rings. The molecule has 4 rings (SSSR count). The molecule has 0 fully saturated rings. The standard InChI is InChI=1S/C18H17N5OS/c1-12-16(25-18(20-12)23-10-4-5-11-23)17(24)19-9-8-15-21-13-6-2-3-7-14(13)22-15/h2-7,10-11H,8-9H2,1H3,(H,19,24)(H,21,22). The lowest BCUT2D eigenvalue weighted by Gasteiger charge is -2.02. The third-order valence-corrected chi connectivity index (χ3v) is 5.07. The molecule has 0 aliphatic heterocycles. The zero-order chi connectivity index (χ0) is 17.2. The first-order valence-electron chi connectivity index (χ1n) is 8.03. The van der Waals surface area contributed by atoms with Crippen LogP contribution in [0.15, 0.2) is 48.8 Å². The van der Waals surface area contributed by atoms with E-state index < -0.39 is 0 Å². The maximum Gasteiger partial charge on any atom is 0.263 e. The number of imidazole rings is 1. The van der Waals surface area contributed by atoms with Crippen LogP contribution >= 0.6 is 11.3 Å². The van der Waals surface area contributed by atoms with Crippen LogP contribution in [0.5, 0.6) is 0 Å². The summed E-state index contributed by atoms with van der Waals surface area (Å²) in [5.74, 6) is 0.778. The summed E-state index contributed by atoms with van der Waals surface area (Å²) in [4.78, 5) is 25.3. The largest absolute Gasteiger partial charge is 0.351 e. The number of hydrogen-bond donors (Lipinski definition) is 2. The van der Waals surface area contributed by atoms with Crippen LogP contribution in [0.4, 0.5) is 0 Å². The Kier molecular flexibility index (Phi) is 4.07. The normalized spacial score (nSPS) is 11.1. The Balaban J connectivity index is 1.40. The number of aromatic amines is 1. The molecule has 25 heavy (non-hydrogen) atoms. The van der Waals surface area contributed by atoms with Crippen molar-refractivity contribution < 1.29 is 4.79 Å². The highest BCUT2D eigenvalue weighted by Crippen LogP contribution is 2.21. The zero-order valence-electron chi connectivity index (χ0n) is 13.7. The fourth-order valence-corrected chi connectivity index (χ4v) is 3.61. The number of aromatic nitrogens is 4. The molecule has 0 spiro atoms. The van der Waals surface area contributed by atoms with E-state index in [0.29, 0.717) is 17.8 Å². The topological polar surface area (TPSA) is 75.6 Å². The highest BCUT2D eigenvalue weighted by atomic mass is 32.1. The Morgan fingerprint density at radius 3 is 2.80 bits per heavy atom. The van der Waals surface area contributed by atoms with Crippen molar-refractivity contribution >= 4 is 28.3 Å². The molecule has 0 radical (unpaired) electrons. The number of hydrogen-bond acceptors (Lipinski definition) is 4. The van der Waals surface area contributed by atoms with E-state index in [1.54, 1.807) is 0 Å². The number of carbonyl (C=O) groups excluding carboxylic acids is 1. The quantitative estimate of drug-likeness (QED) is 0.580. The zero-order valence-corrected chi connectivity index (χ0v) is 14.5. The number of aryl methyl sites for hydroxylation is 1. The van der Waals surface area contributed by atoms with Crippen molar-refractivity contribution in [1.82, 2.24) is 24.8 Å². The van der Waals surface area contributed by atoms with Crippen molar-refractivity contribution in [3.8, 4) is 5.13 Å². The fraction of sp³-hybridized carbons (Fsp3) is 0.167. The van der Waals surface area contributed by atoms with Gasteiger partial charge in [-0.05, 0) is 31.2 Å². The maximum atomic E-state index is 12.4. The highest BCUT2D eigenvalue weighted by molar-refractivity contribution is 7.16. The van der Waals surface area contributed by atoms with E-state index in [0.717, 1.165) is 27.7 Å². The van der Waals surface area contributed by atoms with E-state index in [1.165, 1.54) is 11.3 Å². The molecule has 0 saturated carbocycles. The van der Waals surface area contributed by atoms with Crippen molar-refractivity contribution in [2.45, 2.75) is 13.3 Å². The number of nitrogens with zero attached hydrogens (tertiary/aromatic N) is 3. The first-order valence-corrected chi connectivity index (χ1v) is 8.85. The van der Waals surface area contributed by atoms with Gasteiger partial charge in [-0.3, -0.25) is 4.79 Å². The van der Waals surface area contributed by atoms with Gasteiger partial charge in [-0.1, -0.05) is 23.5 Å². The lowest BCUT2D eigenvalue weighted by molar-refractivity contribution is 0.0957. The predicted molar refractivity (Wildman–Crippen MR) is 98.3 cm³/mol. The molecule has 0 atom stereocenters. The van der Waals surface area contributed by atoms with Gasteiger partial charge >= 0.3 is 0 Å². The Bertz CT molecular complexity index is 982. The van der Waals surface area contributed by atoms with Crippen LogP contribution in [0, 0.1) is 6.92 Å². The molecule has 1 amide bonds. The van der Waals surface area contributed by atoms with E-state index in [1.807, 2.05) is 60.3 Å². The summed E-state index contributed by atoms with van der Waals surface area (Å²) < 4.78 is 1.91. The smallest absolute Gasteiger partial charge is 0.263 e. The van der Waals surface area contributed by atoms with E-state index in [-0.39, 0.29) is 5.91 Å². The third-order valence-electron chi connectivity index (χ3n) is 3.90. The van der Waals surface area contributed by atoms with E-state index in [2.05, 4.69) is 20.3 Å². The number of amides is 1. The molecular weight excluding hydrogens is 334 g/mol. The van der Waals surface area contributed by atoms with Gasteiger partial charge in [-0.25, -0.2) is 9.97 Å². The molecule has 1 aromatic carbocycles. The van der Waals surface area contributed by atoms with E-state index in [4.69, 9.17) is 0 Å². The second-order valence-corrected chi connectivity index (χ2v) is 6.69. The monoisotopic (exact) mass is 351 g/mol. The molecule has 126 valence electrons. The van der Waals surface area contributed by atoms with Gasteiger partial charge in [0.1, 0.15) is 10.7 Å². The lowest BCUT2D eigenvalue weighted by atomic mass is 10.3. The van der Waals surface area contributed by atoms with Crippen LogP contribution in [0.3, 0.4) is 0 Å². The van der Waals surface area contributed by atoms with Crippen molar-refractivity contribution in [3.05, 3.63) is 65.2 Å². The van der Waals surface area contributed by atoms with Gasteiger partial charge in [0, 0.05) is 25.4 Å². The molecule has 4 aromatic rings. The number of benzene rings is 1. The van der Waals surface area contributed by atoms with Crippen LogP contribution in [-0.2, 0) is 6.42 Å². The molecule has 7 heteroatoms. The minimum atomic E-state index is -0.0930. The van der Waals surface area contributed by atoms with Gasteiger partial charge in [-0.15, -0.1) is 0 Å².